The third kappa shape index (κ3) is 2.36. The molecule has 2 aromatic rings. The number of hydrogen-bond acceptors (Lipinski definition) is 5. The average molecular weight is 258 g/mol. The molecule has 5 nitrogen and oxygen atoms in total. The fourth-order valence-electron chi connectivity index (χ4n) is 1.95. The van der Waals surface area contributed by atoms with Crippen LogP contribution >= 0.6 is 0 Å². The summed E-state index contributed by atoms with van der Waals surface area (Å²) in [5.74, 6) is 1.11. The van der Waals surface area contributed by atoms with Crippen LogP contribution in [0.4, 0.5) is 0 Å². The molecule has 0 amide bonds. The van der Waals surface area contributed by atoms with Crippen molar-refractivity contribution < 1.29 is 13.9 Å². The molecule has 2 aromatic heterocycles. The van der Waals surface area contributed by atoms with Gasteiger partial charge in [0.05, 0.1) is 24.1 Å². The highest BCUT2D eigenvalue weighted by molar-refractivity contribution is 5.90. The Kier molecular flexibility index (Phi) is 3.03. The Morgan fingerprint density at radius 2 is 2.37 bits per heavy atom. The number of esters is 1. The van der Waals surface area contributed by atoms with Crippen LogP contribution in [0.15, 0.2) is 29.0 Å². The lowest BCUT2D eigenvalue weighted by Crippen LogP contribution is -2.10. The molecule has 1 aliphatic rings. The third-order valence-electron chi connectivity index (χ3n) is 3.02. The Balaban J connectivity index is 2.00. The number of furan rings is 1. The minimum Gasteiger partial charge on any atom is -0.462 e. The van der Waals surface area contributed by atoms with Crippen LogP contribution in [-0.2, 0) is 4.74 Å². The fraction of sp³-hybridized carbons (Fsp3) is 0.357. The largest absolute Gasteiger partial charge is 0.462 e. The highest BCUT2D eigenvalue weighted by Gasteiger charge is 2.31. The van der Waals surface area contributed by atoms with Crippen molar-refractivity contribution in [1.29, 1.82) is 0 Å². The molecule has 0 N–H and O–H groups in total. The molecular formula is C14H14N2O3. The first kappa shape index (κ1) is 11.9. The molecule has 3 rings (SSSR count). The summed E-state index contributed by atoms with van der Waals surface area (Å²) < 4.78 is 10.3. The maximum atomic E-state index is 11.9. The molecule has 2 heterocycles. The van der Waals surface area contributed by atoms with Crippen molar-refractivity contribution in [3.63, 3.8) is 0 Å². The van der Waals surface area contributed by atoms with Crippen molar-refractivity contribution in [1.82, 2.24) is 9.97 Å². The van der Waals surface area contributed by atoms with E-state index in [2.05, 4.69) is 9.97 Å². The predicted molar refractivity (Wildman–Crippen MR) is 67.7 cm³/mol. The molecule has 0 unspecified atom stereocenters. The number of carbonyl (C=O) groups excluding carboxylic acids is 1. The minimum atomic E-state index is -0.351. The molecule has 0 aliphatic heterocycles. The molecule has 0 radical (unpaired) electrons. The second-order valence-corrected chi connectivity index (χ2v) is 4.46. The normalized spacial score (nSPS) is 14.4. The molecule has 98 valence electrons. The third-order valence-corrected chi connectivity index (χ3v) is 3.02. The maximum Gasteiger partial charge on any atom is 0.341 e. The highest BCUT2D eigenvalue weighted by atomic mass is 16.5. The van der Waals surface area contributed by atoms with E-state index in [1.165, 1.54) is 6.20 Å². The van der Waals surface area contributed by atoms with Gasteiger partial charge in [0.2, 0.25) is 0 Å². The lowest BCUT2D eigenvalue weighted by Gasteiger charge is -2.07. The maximum absolute atomic E-state index is 11.9. The number of aromatic nitrogens is 2. The van der Waals surface area contributed by atoms with E-state index in [-0.39, 0.29) is 5.97 Å². The lowest BCUT2D eigenvalue weighted by molar-refractivity contribution is 0.0524. The van der Waals surface area contributed by atoms with E-state index < -0.39 is 0 Å². The first-order valence-electron chi connectivity index (χ1n) is 6.37. The summed E-state index contributed by atoms with van der Waals surface area (Å²) >= 11 is 0. The number of rotatable bonds is 4. The summed E-state index contributed by atoms with van der Waals surface area (Å²) in [6.07, 6.45) is 5.23. The van der Waals surface area contributed by atoms with Crippen LogP contribution in [0.3, 0.4) is 0 Å². The number of carbonyl (C=O) groups is 1. The average Bonchev–Trinajstić information content (AvgIpc) is 3.13. The fourth-order valence-corrected chi connectivity index (χ4v) is 1.95. The van der Waals surface area contributed by atoms with Gasteiger partial charge in [0.25, 0.3) is 0 Å². The number of ether oxygens (including phenoxy) is 1. The van der Waals surface area contributed by atoms with Crippen LogP contribution in [0.2, 0.25) is 0 Å². The zero-order valence-corrected chi connectivity index (χ0v) is 10.6. The zero-order chi connectivity index (χ0) is 13.2. The summed E-state index contributed by atoms with van der Waals surface area (Å²) in [7, 11) is 0. The molecule has 0 bridgehead atoms. The van der Waals surface area contributed by atoms with Crippen molar-refractivity contribution in [2.75, 3.05) is 6.61 Å². The molecule has 5 heteroatoms. The molecule has 1 fully saturated rings. The van der Waals surface area contributed by atoms with Crippen LogP contribution in [-0.4, -0.2) is 22.5 Å². The van der Waals surface area contributed by atoms with Crippen molar-refractivity contribution in [3.05, 3.63) is 35.9 Å². The molecule has 1 saturated carbocycles. The lowest BCUT2D eigenvalue weighted by atomic mass is 10.1. The van der Waals surface area contributed by atoms with Crippen molar-refractivity contribution in [2.24, 2.45) is 0 Å². The Bertz CT molecular complexity index is 589. The van der Waals surface area contributed by atoms with E-state index in [4.69, 9.17) is 9.15 Å². The van der Waals surface area contributed by atoms with E-state index in [1.54, 1.807) is 25.3 Å². The number of hydrogen-bond donors (Lipinski definition) is 0. The van der Waals surface area contributed by atoms with Gasteiger partial charge in [-0.1, -0.05) is 0 Å². The van der Waals surface area contributed by atoms with E-state index >= 15 is 0 Å². The van der Waals surface area contributed by atoms with Crippen LogP contribution in [0.5, 0.6) is 0 Å². The Labute approximate surface area is 110 Å². The van der Waals surface area contributed by atoms with Gasteiger partial charge in [-0.2, -0.15) is 0 Å². The second kappa shape index (κ2) is 4.84. The van der Waals surface area contributed by atoms with Crippen LogP contribution in [0.25, 0.3) is 11.6 Å². The quantitative estimate of drug-likeness (QED) is 0.789. The summed E-state index contributed by atoms with van der Waals surface area (Å²) in [5, 5.41) is 0. The number of nitrogens with zero attached hydrogens (tertiary/aromatic N) is 2. The Morgan fingerprint density at radius 1 is 1.53 bits per heavy atom. The minimum absolute atomic E-state index is 0.344. The van der Waals surface area contributed by atoms with Crippen LogP contribution in [0, 0.1) is 0 Å². The first-order valence-corrected chi connectivity index (χ1v) is 6.37. The SMILES string of the molecule is CCOC(=O)c1cnc(-c2ccco2)nc1C1CC1. The predicted octanol–water partition coefficient (Wildman–Crippen LogP) is 2.79. The van der Waals surface area contributed by atoms with E-state index in [1.807, 2.05) is 0 Å². The Hall–Kier alpha value is -2.17. The molecule has 0 atom stereocenters. The molecular weight excluding hydrogens is 244 g/mol. The molecule has 0 aromatic carbocycles. The summed E-state index contributed by atoms with van der Waals surface area (Å²) in [6.45, 7) is 2.13. The van der Waals surface area contributed by atoms with Gasteiger partial charge in [-0.15, -0.1) is 0 Å². The topological polar surface area (TPSA) is 65.2 Å². The van der Waals surface area contributed by atoms with E-state index in [0.29, 0.717) is 29.7 Å². The van der Waals surface area contributed by atoms with Crippen LogP contribution in [0.1, 0.15) is 41.7 Å². The van der Waals surface area contributed by atoms with Gasteiger partial charge in [0.15, 0.2) is 11.6 Å². The van der Waals surface area contributed by atoms with Gasteiger partial charge in [-0.05, 0) is 31.9 Å². The van der Waals surface area contributed by atoms with Crippen molar-refractivity contribution in [2.45, 2.75) is 25.7 Å². The van der Waals surface area contributed by atoms with Crippen molar-refractivity contribution in [3.8, 4) is 11.6 Å². The monoisotopic (exact) mass is 258 g/mol. The van der Waals surface area contributed by atoms with Crippen molar-refractivity contribution >= 4 is 5.97 Å². The zero-order valence-electron chi connectivity index (χ0n) is 10.6. The second-order valence-electron chi connectivity index (χ2n) is 4.46. The highest BCUT2D eigenvalue weighted by Crippen LogP contribution is 2.41. The standard InChI is InChI=1S/C14H14N2O3/c1-2-18-14(17)10-8-15-13(11-4-3-7-19-11)16-12(10)9-5-6-9/h3-4,7-9H,2,5-6H2,1H3. The Morgan fingerprint density at radius 3 is 3.00 bits per heavy atom. The first-order chi connectivity index (χ1) is 9.29. The van der Waals surface area contributed by atoms with Gasteiger partial charge >= 0.3 is 5.97 Å². The molecule has 0 saturated heterocycles. The van der Waals surface area contributed by atoms with Gasteiger partial charge in [-0.25, -0.2) is 14.8 Å². The van der Waals surface area contributed by atoms with E-state index in [9.17, 15) is 4.79 Å². The molecule has 1 aliphatic carbocycles. The van der Waals surface area contributed by atoms with Crippen LogP contribution < -0.4 is 0 Å². The summed E-state index contributed by atoms with van der Waals surface area (Å²) in [4.78, 5) is 20.5. The summed E-state index contributed by atoms with van der Waals surface area (Å²) in [6, 6.07) is 3.59. The van der Waals surface area contributed by atoms with E-state index in [0.717, 1.165) is 18.5 Å². The smallest absolute Gasteiger partial charge is 0.341 e. The molecule has 19 heavy (non-hydrogen) atoms. The van der Waals surface area contributed by atoms with Gasteiger partial charge in [-0.3, -0.25) is 0 Å². The molecule has 0 spiro atoms. The van der Waals surface area contributed by atoms with Gasteiger partial charge < -0.3 is 9.15 Å². The van der Waals surface area contributed by atoms with Gasteiger partial charge in [0, 0.05) is 12.1 Å². The summed E-state index contributed by atoms with van der Waals surface area (Å²) in [5.41, 5.74) is 1.25. The van der Waals surface area contributed by atoms with Gasteiger partial charge in [0.1, 0.15) is 0 Å².